The zero-order valence-corrected chi connectivity index (χ0v) is 36.3. The molecule has 0 saturated heterocycles. The number of fused-ring (bicyclic) bond motifs is 3. The topological polar surface area (TPSA) is 55.3 Å². The maximum Gasteiger partial charge on any atom is 0.0863 e. The van der Waals surface area contributed by atoms with Gasteiger partial charge in [-0.05, 0) is 126 Å². The first-order chi connectivity index (χ1) is 27.5. The van der Waals surface area contributed by atoms with Gasteiger partial charge in [-0.2, -0.15) is 0 Å². The van der Waals surface area contributed by atoms with Crippen LogP contribution in [-0.4, -0.2) is 5.54 Å². The Morgan fingerprint density at radius 2 is 1.05 bits per heavy atom. The molecule has 0 spiro atoms. The van der Waals surface area contributed by atoms with Gasteiger partial charge in [0, 0.05) is 22.6 Å². The number of benzene rings is 5. The number of unbranched alkanes of at least 4 members (excludes halogenated alkanes) is 8. The standard InChI is InChI=1S/C54H71N3/c1-8-11-13-15-17-19-42(7)53(55,36-18-16-14-12-9-2)54(56)51-37-40(5)22-34-49(51)50-35-27-45(38-52(50)54)44-25-32-48(33-26-44)57(46-28-20-39(4)21-29-46)47-30-23-43(24-31-47)41(6)10-3/h20-35,37-38,41-42H,8-19,36,55-56H2,1-7H3/t41?,42-,53?,54?/m0/s1. The van der Waals surface area contributed by atoms with E-state index in [2.05, 4.69) is 163 Å². The molecule has 5 aromatic rings. The lowest BCUT2D eigenvalue weighted by molar-refractivity contribution is 0.152. The van der Waals surface area contributed by atoms with Gasteiger partial charge in [0.2, 0.25) is 0 Å². The molecule has 57 heavy (non-hydrogen) atoms. The highest BCUT2D eigenvalue weighted by Crippen LogP contribution is 2.55. The molecule has 0 bridgehead atoms. The minimum absolute atomic E-state index is 0.268. The van der Waals surface area contributed by atoms with Crippen LogP contribution in [0, 0.1) is 19.8 Å². The number of rotatable bonds is 20. The van der Waals surface area contributed by atoms with Gasteiger partial charge in [-0.25, -0.2) is 0 Å². The van der Waals surface area contributed by atoms with E-state index in [1.54, 1.807) is 0 Å². The quantitative estimate of drug-likeness (QED) is 0.0777. The molecule has 0 fully saturated rings. The third kappa shape index (κ3) is 8.96. The molecule has 0 heterocycles. The zero-order valence-electron chi connectivity index (χ0n) is 36.3. The third-order valence-corrected chi connectivity index (χ3v) is 13.5. The van der Waals surface area contributed by atoms with E-state index in [4.69, 9.17) is 11.5 Å². The molecule has 0 radical (unpaired) electrons. The highest BCUT2D eigenvalue weighted by atomic mass is 15.1. The number of anilines is 3. The summed E-state index contributed by atoms with van der Waals surface area (Å²) < 4.78 is 0. The van der Waals surface area contributed by atoms with Gasteiger partial charge in [-0.3, -0.25) is 0 Å². The SMILES string of the molecule is CCCCCCC[C@H](C)C(N)(CCCCCCC)C1(N)c2cc(C)ccc2-c2ccc(-c3ccc(N(c4ccc(C)cc4)c4ccc(C(C)CC)cc4)cc3)cc21. The molecule has 6 rings (SSSR count). The van der Waals surface area contributed by atoms with Crippen molar-refractivity contribution in [3.63, 3.8) is 0 Å². The van der Waals surface area contributed by atoms with Gasteiger partial charge in [0.25, 0.3) is 0 Å². The maximum atomic E-state index is 8.08. The van der Waals surface area contributed by atoms with Crippen molar-refractivity contribution in [3.05, 3.63) is 137 Å². The van der Waals surface area contributed by atoms with E-state index < -0.39 is 11.1 Å². The molecular weight excluding hydrogens is 691 g/mol. The molecule has 3 nitrogen and oxygen atoms in total. The van der Waals surface area contributed by atoms with Crippen LogP contribution < -0.4 is 16.4 Å². The fourth-order valence-corrected chi connectivity index (χ4v) is 9.45. The van der Waals surface area contributed by atoms with Gasteiger partial charge in [0.15, 0.2) is 0 Å². The van der Waals surface area contributed by atoms with Crippen molar-refractivity contribution in [1.29, 1.82) is 0 Å². The largest absolute Gasteiger partial charge is 0.323 e. The van der Waals surface area contributed by atoms with Crippen molar-refractivity contribution in [1.82, 2.24) is 0 Å². The number of hydrogen-bond acceptors (Lipinski definition) is 3. The summed E-state index contributed by atoms with van der Waals surface area (Å²) in [6.45, 7) is 15.9. The number of nitrogens with zero attached hydrogens (tertiary/aromatic N) is 1. The third-order valence-electron chi connectivity index (χ3n) is 13.5. The van der Waals surface area contributed by atoms with E-state index in [-0.39, 0.29) is 5.92 Å². The lowest BCUT2D eigenvalue weighted by Crippen LogP contribution is -2.66. The maximum absolute atomic E-state index is 8.08. The van der Waals surface area contributed by atoms with Gasteiger partial charge >= 0.3 is 0 Å². The summed E-state index contributed by atoms with van der Waals surface area (Å²) in [4.78, 5) is 2.36. The molecule has 0 aliphatic heterocycles. The van der Waals surface area contributed by atoms with Crippen molar-refractivity contribution >= 4 is 17.1 Å². The van der Waals surface area contributed by atoms with Gasteiger partial charge in [-0.1, -0.05) is 177 Å². The van der Waals surface area contributed by atoms with E-state index in [1.165, 1.54) is 108 Å². The van der Waals surface area contributed by atoms with Crippen LogP contribution in [0.15, 0.2) is 109 Å². The molecular formula is C54H71N3. The lowest BCUT2D eigenvalue weighted by Gasteiger charge is -2.49. The molecule has 0 saturated carbocycles. The van der Waals surface area contributed by atoms with Crippen LogP contribution in [0.25, 0.3) is 22.3 Å². The second-order valence-corrected chi connectivity index (χ2v) is 17.5. The van der Waals surface area contributed by atoms with Crippen LogP contribution >= 0.6 is 0 Å². The summed E-state index contributed by atoms with van der Waals surface area (Å²) in [7, 11) is 0. The Morgan fingerprint density at radius 1 is 0.561 bits per heavy atom. The van der Waals surface area contributed by atoms with Gasteiger partial charge in [-0.15, -0.1) is 0 Å². The van der Waals surface area contributed by atoms with Crippen molar-refractivity contribution in [2.45, 2.75) is 149 Å². The van der Waals surface area contributed by atoms with Gasteiger partial charge < -0.3 is 16.4 Å². The lowest BCUT2D eigenvalue weighted by atomic mass is 9.62. The summed E-state index contributed by atoms with van der Waals surface area (Å²) in [5, 5.41) is 0. The monoisotopic (exact) mass is 762 g/mol. The van der Waals surface area contributed by atoms with Gasteiger partial charge in [0.05, 0.1) is 5.54 Å². The Balaban J connectivity index is 1.39. The highest BCUT2D eigenvalue weighted by Gasteiger charge is 2.55. The van der Waals surface area contributed by atoms with E-state index in [0.29, 0.717) is 5.92 Å². The predicted octanol–water partition coefficient (Wildman–Crippen LogP) is 15.2. The summed E-state index contributed by atoms with van der Waals surface area (Å²) in [5.41, 5.74) is 29.2. The number of nitrogens with two attached hydrogens (primary N) is 2. The normalized spacial score (nSPS) is 16.8. The van der Waals surface area contributed by atoms with Crippen molar-refractivity contribution in [2.75, 3.05) is 4.90 Å². The Morgan fingerprint density at radius 3 is 1.65 bits per heavy atom. The Kier molecular flexibility index (Phi) is 14.2. The molecule has 302 valence electrons. The summed E-state index contributed by atoms with van der Waals surface area (Å²) >= 11 is 0. The molecule has 5 aromatic carbocycles. The molecule has 0 aromatic heterocycles. The van der Waals surface area contributed by atoms with Crippen LogP contribution in [-0.2, 0) is 5.54 Å². The second kappa shape index (κ2) is 19.0. The second-order valence-electron chi connectivity index (χ2n) is 17.5. The Hall–Kier alpha value is -4.18. The number of hydrogen-bond donors (Lipinski definition) is 2. The van der Waals surface area contributed by atoms with E-state index >= 15 is 0 Å². The van der Waals surface area contributed by atoms with Crippen LogP contribution in [0.4, 0.5) is 17.1 Å². The van der Waals surface area contributed by atoms with Crippen molar-refractivity contribution < 1.29 is 0 Å². The predicted molar refractivity (Wildman–Crippen MR) is 248 cm³/mol. The molecule has 0 amide bonds. The van der Waals surface area contributed by atoms with Crippen LogP contribution in [0.1, 0.15) is 152 Å². The molecule has 3 unspecified atom stereocenters. The first kappa shape index (κ1) is 42.4. The fraction of sp³-hybridized carbons (Fsp3) is 0.444. The summed E-state index contributed by atoms with van der Waals surface area (Å²) in [6.07, 6.45) is 15.6. The van der Waals surface area contributed by atoms with E-state index in [0.717, 1.165) is 42.7 Å². The average molecular weight is 762 g/mol. The van der Waals surface area contributed by atoms with Crippen LogP contribution in [0.2, 0.25) is 0 Å². The van der Waals surface area contributed by atoms with Crippen molar-refractivity contribution in [3.8, 4) is 22.3 Å². The Labute approximate surface area is 346 Å². The molecule has 1 aliphatic carbocycles. The minimum atomic E-state index is -0.809. The van der Waals surface area contributed by atoms with Gasteiger partial charge in [0.1, 0.15) is 0 Å². The van der Waals surface area contributed by atoms with E-state index in [9.17, 15) is 0 Å². The van der Waals surface area contributed by atoms with Crippen molar-refractivity contribution in [2.24, 2.45) is 17.4 Å². The van der Waals surface area contributed by atoms with Crippen LogP contribution in [0.3, 0.4) is 0 Å². The molecule has 1 aliphatic rings. The molecule has 4 atom stereocenters. The first-order valence-corrected chi connectivity index (χ1v) is 22.5. The summed E-state index contributed by atoms with van der Waals surface area (Å²) in [6, 6.07) is 40.9. The fourth-order valence-electron chi connectivity index (χ4n) is 9.45. The Bertz CT molecular complexity index is 2030. The first-order valence-electron chi connectivity index (χ1n) is 22.5. The molecule has 3 heteroatoms. The van der Waals surface area contributed by atoms with Crippen LogP contribution in [0.5, 0.6) is 0 Å². The molecule has 4 N–H and O–H groups in total. The van der Waals surface area contributed by atoms with E-state index in [1.807, 2.05) is 0 Å². The minimum Gasteiger partial charge on any atom is -0.323 e. The zero-order chi connectivity index (χ0) is 40.6. The summed E-state index contributed by atoms with van der Waals surface area (Å²) in [5.74, 6) is 0.807. The number of aryl methyl sites for hydroxylation is 2. The highest BCUT2D eigenvalue weighted by molar-refractivity contribution is 5.85. The smallest absolute Gasteiger partial charge is 0.0863 e. The average Bonchev–Trinajstić information content (AvgIpc) is 3.48.